The average Bonchev–Trinajstić information content (AvgIpc) is 3.11. The fourth-order valence-corrected chi connectivity index (χ4v) is 2.72. The number of H-pyrrole nitrogens is 1. The first kappa shape index (κ1) is 12.3. The van der Waals surface area contributed by atoms with E-state index in [9.17, 15) is 0 Å². The van der Waals surface area contributed by atoms with E-state index >= 15 is 0 Å². The molecule has 0 radical (unpaired) electrons. The molecule has 0 unspecified atom stereocenters. The van der Waals surface area contributed by atoms with Crippen molar-refractivity contribution in [1.82, 2.24) is 30.4 Å². The molecule has 0 spiro atoms. The summed E-state index contributed by atoms with van der Waals surface area (Å²) in [6.45, 7) is 5.97. The van der Waals surface area contributed by atoms with Crippen molar-refractivity contribution < 1.29 is 0 Å². The molecule has 1 aliphatic heterocycles. The molecule has 0 bridgehead atoms. The minimum atomic E-state index is 0.795. The van der Waals surface area contributed by atoms with Gasteiger partial charge in [0.1, 0.15) is 11.4 Å². The number of pyridine rings is 1. The van der Waals surface area contributed by atoms with Gasteiger partial charge in [-0.1, -0.05) is 0 Å². The number of nitrogens with zero attached hydrogens (tertiary/aromatic N) is 5. The zero-order valence-electron chi connectivity index (χ0n) is 11.9. The van der Waals surface area contributed by atoms with E-state index in [-0.39, 0.29) is 0 Å². The van der Waals surface area contributed by atoms with E-state index in [1.807, 2.05) is 16.9 Å². The highest BCUT2D eigenvalue weighted by Gasteiger charge is 2.17. The molecule has 1 saturated heterocycles. The van der Waals surface area contributed by atoms with Gasteiger partial charge in [0.2, 0.25) is 0 Å². The number of aromatic amines is 1. The first-order valence-electron chi connectivity index (χ1n) is 7.14. The molecular formula is C14H17N7. The second-order valence-corrected chi connectivity index (χ2v) is 5.26. The molecule has 3 aromatic heterocycles. The van der Waals surface area contributed by atoms with Crippen LogP contribution in [0.15, 0.2) is 24.5 Å². The molecule has 1 aliphatic rings. The topological polar surface area (TPSA) is 74.7 Å². The molecule has 21 heavy (non-hydrogen) atoms. The second kappa shape index (κ2) is 4.85. The van der Waals surface area contributed by atoms with Gasteiger partial charge in [0, 0.05) is 37.8 Å². The lowest BCUT2D eigenvalue weighted by Crippen LogP contribution is -2.49. The van der Waals surface area contributed by atoms with E-state index in [2.05, 4.69) is 38.6 Å². The van der Waals surface area contributed by atoms with Crippen LogP contribution >= 0.6 is 0 Å². The van der Waals surface area contributed by atoms with Crippen LogP contribution in [0.5, 0.6) is 0 Å². The van der Waals surface area contributed by atoms with Crippen molar-refractivity contribution in [2.75, 3.05) is 31.2 Å². The lowest BCUT2D eigenvalue weighted by Gasteiger charge is -2.28. The Kier molecular flexibility index (Phi) is 2.85. The number of rotatable bonds is 2. The average molecular weight is 283 g/mol. The fourth-order valence-electron chi connectivity index (χ4n) is 2.72. The third kappa shape index (κ3) is 2.06. The van der Waals surface area contributed by atoms with Crippen LogP contribution in [0.1, 0.15) is 5.56 Å². The Morgan fingerprint density at radius 3 is 2.90 bits per heavy atom. The number of hydrogen-bond acceptors (Lipinski definition) is 5. The van der Waals surface area contributed by atoms with Crippen molar-refractivity contribution in [3.05, 3.63) is 30.1 Å². The highest BCUT2D eigenvalue weighted by atomic mass is 15.7. The van der Waals surface area contributed by atoms with Crippen molar-refractivity contribution >= 4 is 11.0 Å². The minimum Gasteiger partial charge on any atom is -0.313 e. The van der Waals surface area contributed by atoms with Crippen molar-refractivity contribution in [1.29, 1.82) is 0 Å². The van der Waals surface area contributed by atoms with E-state index in [0.29, 0.717) is 0 Å². The van der Waals surface area contributed by atoms with Crippen LogP contribution in [0.25, 0.3) is 22.4 Å². The van der Waals surface area contributed by atoms with E-state index in [1.54, 1.807) is 6.20 Å². The third-order valence-corrected chi connectivity index (χ3v) is 3.83. The molecule has 0 aliphatic carbocycles. The van der Waals surface area contributed by atoms with Gasteiger partial charge in [-0.25, -0.2) is 4.98 Å². The fraction of sp³-hybridized carbons (Fsp3) is 0.357. The maximum absolute atomic E-state index is 4.73. The van der Waals surface area contributed by atoms with Gasteiger partial charge in [-0.3, -0.25) is 10.1 Å². The quantitative estimate of drug-likeness (QED) is 0.723. The SMILES string of the molecule is Cc1cn(N2CCNCC2)nc1-c1n[nH]c2ncccc12. The molecule has 0 amide bonds. The predicted octanol–water partition coefficient (Wildman–Crippen LogP) is 0.671. The van der Waals surface area contributed by atoms with Gasteiger partial charge >= 0.3 is 0 Å². The maximum atomic E-state index is 4.73. The Bertz CT molecular complexity index is 767. The van der Waals surface area contributed by atoms with E-state index < -0.39 is 0 Å². The van der Waals surface area contributed by atoms with E-state index in [0.717, 1.165) is 54.2 Å². The molecule has 108 valence electrons. The van der Waals surface area contributed by atoms with Crippen molar-refractivity contribution in [2.45, 2.75) is 6.92 Å². The highest BCUT2D eigenvalue weighted by molar-refractivity contribution is 5.90. The van der Waals surface area contributed by atoms with Crippen LogP contribution in [-0.4, -0.2) is 51.2 Å². The standard InChI is InChI=1S/C14H17N7/c1-10-9-21(20-7-5-15-6-8-20)19-12(10)13-11-3-2-4-16-14(11)18-17-13/h2-4,9,15H,5-8H2,1H3,(H,16,17,18). The highest BCUT2D eigenvalue weighted by Crippen LogP contribution is 2.26. The van der Waals surface area contributed by atoms with Crippen LogP contribution < -0.4 is 10.3 Å². The summed E-state index contributed by atoms with van der Waals surface area (Å²) in [5, 5.41) is 18.7. The van der Waals surface area contributed by atoms with Gasteiger partial charge in [-0.05, 0) is 24.6 Å². The molecule has 3 aromatic rings. The van der Waals surface area contributed by atoms with Crippen LogP contribution in [-0.2, 0) is 0 Å². The molecule has 7 nitrogen and oxygen atoms in total. The molecule has 0 atom stereocenters. The smallest absolute Gasteiger partial charge is 0.155 e. The zero-order chi connectivity index (χ0) is 14.2. The Morgan fingerprint density at radius 1 is 1.19 bits per heavy atom. The maximum Gasteiger partial charge on any atom is 0.155 e. The zero-order valence-corrected chi connectivity index (χ0v) is 11.9. The van der Waals surface area contributed by atoms with Crippen LogP contribution in [0, 0.1) is 6.92 Å². The van der Waals surface area contributed by atoms with Gasteiger partial charge < -0.3 is 5.32 Å². The van der Waals surface area contributed by atoms with E-state index in [4.69, 9.17) is 5.10 Å². The Morgan fingerprint density at radius 2 is 2.05 bits per heavy atom. The summed E-state index contributed by atoms with van der Waals surface area (Å²) in [7, 11) is 0. The normalized spacial score (nSPS) is 15.8. The van der Waals surface area contributed by atoms with Crippen molar-refractivity contribution in [3.8, 4) is 11.4 Å². The van der Waals surface area contributed by atoms with Gasteiger partial charge in [0.25, 0.3) is 0 Å². The number of hydrogen-bond donors (Lipinski definition) is 2. The van der Waals surface area contributed by atoms with Gasteiger partial charge in [-0.15, -0.1) is 0 Å². The molecular weight excluding hydrogens is 266 g/mol. The van der Waals surface area contributed by atoms with E-state index in [1.165, 1.54) is 0 Å². The predicted molar refractivity (Wildman–Crippen MR) is 80.7 cm³/mol. The number of fused-ring (bicyclic) bond motifs is 1. The molecule has 0 aromatic carbocycles. The molecule has 7 heteroatoms. The van der Waals surface area contributed by atoms with Crippen LogP contribution in [0.4, 0.5) is 0 Å². The molecule has 2 N–H and O–H groups in total. The van der Waals surface area contributed by atoms with Gasteiger partial charge in [-0.2, -0.15) is 15.0 Å². The summed E-state index contributed by atoms with van der Waals surface area (Å²) in [4.78, 5) is 6.23. The number of nitrogens with one attached hydrogen (secondary N) is 2. The summed E-state index contributed by atoms with van der Waals surface area (Å²) < 4.78 is 0. The molecule has 0 saturated carbocycles. The summed E-state index contributed by atoms with van der Waals surface area (Å²) in [5.74, 6) is 0. The number of aromatic nitrogens is 5. The van der Waals surface area contributed by atoms with Crippen molar-refractivity contribution in [2.24, 2.45) is 0 Å². The summed E-state index contributed by atoms with van der Waals surface area (Å²) in [5.41, 5.74) is 3.69. The summed E-state index contributed by atoms with van der Waals surface area (Å²) in [6.07, 6.45) is 3.83. The Labute approximate surface area is 121 Å². The Balaban J connectivity index is 1.76. The summed E-state index contributed by atoms with van der Waals surface area (Å²) >= 11 is 0. The molecule has 4 rings (SSSR count). The Hall–Kier alpha value is -2.41. The number of piperazine rings is 1. The second-order valence-electron chi connectivity index (χ2n) is 5.26. The lowest BCUT2D eigenvalue weighted by atomic mass is 10.1. The van der Waals surface area contributed by atoms with Gasteiger partial charge in [0.15, 0.2) is 5.65 Å². The number of aryl methyl sites for hydroxylation is 1. The van der Waals surface area contributed by atoms with Crippen molar-refractivity contribution in [3.63, 3.8) is 0 Å². The molecule has 1 fully saturated rings. The van der Waals surface area contributed by atoms with Crippen LogP contribution in [0.2, 0.25) is 0 Å². The minimum absolute atomic E-state index is 0.795. The largest absolute Gasteiger partial charge is 0.313 e. The first-order valence-corrected chi connectivity index (χ1v) is 7.14. The molecule has 4 heterocycles. The third-order valence-electron chi connectivity index (χ3n) is 3.83. The lowest BCUT2D eigenvalue weighted by molar-refractivity contribution is 0.461. The summed E-state index contributed by atoms with van der Waals surface area (Å²) in [6, 6.07) is 3.94. The monoisotopic (exact) mass is 283 g/mol. The van der Waals surface area contributed by atoms with Crippen LogP contribution in [0.3, 0.4) is 0 Å². The first-order chi connectivity index (χ1) is 10.3. The van der Waals surface area contributed by atoms with Gasteiger partial charge in [0.05, 0.1) is 6.20 Å².